The van der Waals surface area contributed by atoms with E-state index in [1.54, 1.807) is 5.06 Å². The number of amides is 1. The first-order chi connectivity index (χ1) is 13.3. The summed E-state index contributed by atoms with van der Waals surface area (Å²) in [6.45, 7) is 6.27. The summed E-state index contributed by atoms with van der Waals surface area (Å²) in [6.07, 6.45) is -0.175. The number of ether oxygens (including phenoxy) is 1. The van der Waals surface area contributed by atoms with Gasteiger partial charge in [-0.05, 0) is 43.4 Å². The highest BCUT2D eigenvalue weighted by Crippen LogP contribution is 2.38. The average Bonchev–Trinajstić information content (AvgIpc) is 3.37. The van der Waals surface area contributed by atoms with Gasteiger partial charge in [-0.15, -0.1) is 0 Å². The topological polar surface area (TPSA) is 79.3 Å². The van der Waals surface area contributed by atoms with Crippen molar-refractivity contribution in [1.29, 1.82) is 0 Å². The molecule has 28 heavy (non-hydrogen) atoms. The third-order valence-corrected chi connectivity index (χ3v) is 5.73. The van der Waals surface area contributed by atoms with Gasteiger partial charge in [0.1, 0.15) is 0 Å². The fraction of sp³-hybridized carbons (Fsp3) is 0.889. The van der Waals surface area contributed by atoms with Crippen molar-refractivity contribution >= 4 is 11.9 Å². The Hall–Kier alpha value is -1.39. The second-order valence-electron chi connectivity index (χ2n) is 8.01. The van der Waals surface area contributed by atoms with Gasteiger partial charge < -0.3 is 14.7 Å². The standard InChI is InChI=1S/C16H26N2O3.C2HF3O2/c19-16(18-5-1-2-6-21-18)15-11-20-10-13-8-17(9-14(13)15)7-12-3-4-12;3-2(4,5)1(6)7/h12-15H,1-11H2;(H,6,7)/t13-,14-,15-;/m1./s1. The van der Waals surface area contributed by atoms with Crippen molar-refractivity contribution in [3.05, 3.63) is 0 Å². The van der Waals surface area contributed by atoms with E-state index in [0.717, 1.165) is 45.0 Å². The number of carboxylic acids is 1. The molecule has 1 amide bonds. The molecule has 0 bridgehead atoms. The molecule has 3 atom stereocenters. The van der Waals surface area contributed by atoms with Crippen LogP contribution in [-0.4, -0.2) is 79.1 Å². The molecule has 7 nitrogen and oxygen atoms in total. The molecule has 0 aromatic rings. The van der Waals surface area contributed by atoms with Crippen molar-refractivity contribution in [1.82, 2.24) is 9.96 Å². The van der Waals surface area contributed by atoms with Gasteiger partial charge in [0.15, 0.2) is 0 Å². The smallest absolute Gasteiger partial charge is 0.475 e. The summed E-state index contributed by atoms with van der Waals surface area (Å²) in [6, 6.07) is 0. The molecule has 10 heteroatoms. The third kappa shape index (κ3) is 5.57. The summed E-state index contributed by atoms with van der Waals surface area (Å²) < 4.78 is 37.5. The lowest BCUT2D eigenvalue weighted by Crippen LogP contribution is -2.47. The largest absolute Gasteiger partial charge is 0.490 e. The Morgan fingerprint density at radius 2 is 1.82 bits per heavy atom. The van der Waals surface area contributed by atoms with E-state index in [1.165, 1.54) is 19.4 Å². The van der Waals surface area contributed by atoms with Crippen LogP contribution in [0.3, 0.4) is 0 Å². The Labute approximate surface area is 161 Å². The van der Waals surface area contributed by atoms with Crippen LogP contribution in [0.15, 0.2) is 0 Å². The predicted molar refractivity (Wildman–Crippen MR) is 91.0 cm³/mol. The maximum Gasteiger partial charge on any atom is 0.490 e. The first-order valence-electron chi connectivity index (χ1n) is 9.80. The molecule has 0 aromatic carbocycles. The number of alkyl halides is 3. The minimum Gasteiger partial charge on any atom is -0.475 e. The van der Waals surface area contributed by atoms with Crippen LogP contribution >= 0.6 is 0 Å². The predicted octanol–water partition coefficient (Wildman–Crippen LogP) is 1.78. The fourth-order valence-electron chi connectivity index (χ4n) is 4.12. The zero-order valence-corrected chi connectivity index (χ0v) is 15.7. The van der Waals surface area contributed by atoms with Gasteiger partial charge in [-0.2, -0.15) is 13.2 Å². The number of hydrogen-bond donors (Lipinski definition) is 1. The highest BCUT2D eigenvalue weighted by atomic mass is 19.4. The summed E-state index contributed by atoms with van der Waals surface area (Å²) in [5, 5.41) is 8.74. The molecule has 0 spiro atoms. The molecule has 3 heterocycles. The first-order valence-corrected chi connectivity index (χ1v) is 9.80. The van der Waals surface area contributed by atoms with Gasteiger partial charge in [0.2, 0.25) is 0 Å². The van der Waals surface area contributed by atoms with E-state index in [2.05, 4.69) is 4.90 Å². The van der Waals surface area contributed by atoms with Crippen LogP contribution in [-0.2, 0) is 19.2 Å². The lowest BCUT2D eigenvalue weighted by atomic mass is 9.82. The van der Waals surface area contributed by atoms with Gasteiger partial charge >= 0.3 is 12.1 Å². The van der Waals surface area contributed by atoms with Crippen molar-refractivity contribution in [3.8, 4) is 0 Å². The van der Waals surface area contributed by atoms with E-state index < -0.39 is 12.1 Å². The number of fused-ring (bicyclic) bond motifs is 1. The third-order valence-electron chi connectivity index (χ3n) is 5.73. The number of hydrogen-bond acceptors (Lipinski definition) is 5. The van der Waals surface area contributed by atoms with Crippen LogP contribution < -0.4 is 0 Å². The van der Waals surface area contributed by atoms with Crippen LogP contribution in [0.25, 0.3) is 0 Å². The number of likely N-dealkylation sites (tertiary alicyclic amines) is 1. The highest BCUT2D eigenvalue weighted by Gasteiger charge is 2.46. The second-order valence-corrected chi connectivity index (χ2v) is 8.01. The van der Waals surface area contributed by atoms with Gasteiger partial charge in [-0.3, -0.25) is 9.63 Å². The number of carbonyl (C=O) groups excluding carboxylic acids is 1. The summed E-state index contributed by atoms with van der Waals surface area (Å²) in [5.41, 5.74) is 0. The molecule has 0 unspecified atom stereocenters. The number of halogens is 3. The summed E-state index contributed by atoms with van der Waals surface area (Å²) in [7, 11) is 0. The van der Waals surface area contributed by atoms with Crippen molar-refractivity contribution in [2.45, 2.75) is 31.9 Å². The number of aliphatic carboxylic acids is 1. The highest BCUT2D eigenvalue weighted by molar-refractivity contribution is 5.78. The van der Waals surface area contributed by atoms with Crippen LogP contribution in [0.1, 0.15) is 25.7 Å². The van der Waals surface area contributed by atoms with Crippen LogP contribution in [0.5, 0.6) is 0 Å². The van der Waals surface area contributed by atoms with E-state index in [9.17, 15) is 18.0 Å². The summed E-state index contributed by atoms with van der Waals surface area (Å²) >= 11 is 0. The van der Waals surface area contributed by atoms with Crippen molar-refractivity contribution < 1.29 is 37.4 Å². The van der Waals surface area contributed by atoms with E-state index in [1.807, 2.05) is 0 Å². The van der Waals surface area contributed by atoms with E-state index in [-0.39, 0.29) is 11.8 Å². The molecule has 4 rings (SSSR count). The van der Waals surface area contributed by atoms with Gasteiger partial charge in [0.25, 0.3) is 5.91 Å². The molecule has 1 N–H and O–H groups in total. The Morgan fingerprint density at radius 1 is 1.11 bits per heavy atom. The van der Waals surface area contributed by atoms with Crippen molar-refractivity contribution in [3.63, 3.8) is 0 Å². The van der Waals surface area contributed by atoms with Crippen LogP contribution in [0, 0.1) is 23.7 Å². The molecular weight excluding hydrogens is 381 g/mol. The van der Waals surface area contributed by atoms with Gasteiger partial charge in [-0.25, -0.2) is 9.86 Å². The summed E-state index contributed by atoms with van der Waals surface area (Å²) in [4.78, 5) is 29.8. The molecule has 160 valence electrons. The molecule has 1 aliphatic carbocycles. The van der Waals surface area contributed by atoms with Crippen molar-refractivity contribution in [2.24, 2.45) is 23.7 Å². The Balaban J connectivity index is 0.000000279. The number of hydroxylamine groups is 2. The van der Waals surface area contributed by atoms with Crippen LogP contribution in [0.4, 0.5) is 13.2 Å². The lowest BCUT2D eigenvalue weighted by Gasteiger charge is -2.36. The SMILES string of the molecule is O=C(O)C(F)(F)F.O=C([C@@H]1COC[C@H]2CN(CC3CC3)C[C@H]21)N1CCCCO1. The zero-order valence-electron chi connectivity index (χ0n) is 15.7. The van der Waals surface area contributed by atoms with E-state index in [4.69, 9.17) is 19.5 Å². The minimum absolute atomic E-state index is 0.00560. The molecule has 0 aromatic heterocycles. The molecule has 4 fully saturated rings. The first kappa shape index (κ1) is 21.3. The number of carboxylic acid groups (broad SMARTS) is 1. The van der Waals surface area contributed by atoms with Gasteiger partial charge in [-0.1, -0.05) is 0 Å². The maximum atomic E-state index is 12.7. The Kier molecular flexibility index (Phi) is 6.82. The Bertz CT molecular complexity index is 564. The van der Waals surface area contributed by atoms with E-state index in [0.29, 0.717) is 25.0 Å². The van der Waals surface area contributed by atoms with Crippen molar-refractivity contribution in [2.75, 3.05) is 46.0 Å². The van der Waals surface area contributed by atoms with E-state index >= 15 is 0 Å². The number of nitrogens with zero attached hydrogens (tertiary/aromatic N) is 2. The van der Waals surface area contributed by atoms with Crippen LogP contribution in [0.2, 0.25) is 0 Å². The number of carbonyl (C=O) groups is 2. The lowest BCUT2D eigenvalue weighted by molar-refractivity contribution is -0.207. The minimum atomic E-state index is -5.08. The maximum absolute atomic E-state index is 12.7. The monoisotopic (exact) mass is 408 g/mol. The summed E-state index contributed by atoms with van der Waals surface area (Å²) in [5.74, 6) is -0.659. The quantitative estimate of drug-likeness (QED) is 0.767. The molecule has 3 aliphatic heterocycles. The normalized spacial score (nSPS) is 31.0. The Morgan fingerprint density at radius 3 is 2.39 bits per heavy atom. The fourth-order valence-corrected chi connectivity index (χ4v) is 4.12. The second kappa shape index (κ2) is 8.96. The van der Waals surface area contributed by atoms with Gasteiger partial charge in [0.05, 0.1) is 25.7 Å². The molecule has 1 saturated carbocycles. The molecular formula is C18H27F3N2O5. The number of rotatable bonds is 3. The molecule has 0 radical (unpaired) electrons. The molecule has 3 saturated heterocycles. The average molecular weight is 408 g/mol. The zero-order chi connectivity index (χ0) is 20.3. The van der Waals surface area contributed by atoms with Gasteiger partial charge in [0, 0.05) is 26.2 Å². The molecule has 4 aliphatic rings.